The van der Waals surface area contributed by atoms with Gasteiger partial charge in [0.25, 0.3) is 0 Å². The smallest absolute Gasteiger partial charge is 0.210 e. The fraction of sp³-hybridized carbons (Fsp3) is 0. The van der Waals surface area contributed by atoms with Gasteiger partial charge in [-0.2, -0.15) is 4.39 Å². The van der Waals surface area contributed by atoms with Crippen LogP contribution in [0.2, 0.25) is 0 Å². The van der Waals surface area contributed by atoms with Gasteiger partial charge in [0.15, 0.2) is 0 Å². The highest BCUT2D eigenvalue weighted by Crippen LogP contribution is 2.07. The first kappa shape index (κ1) is 5.70. The van der Waals surface area contributed by atoms with E-state index in [1.54, 1.807) is 0 Å². The Morgan fingerprint density at radius 3 is 2.78 bits per heavy atom. The quantitative estimate of drug-likeness (QED) is 0.378. The average molecular weight is 122 g/mol. The van der Waals surface area contributed by atoms with E-state index in [-0.39, 0.29) is 0 Å². The van der Waals surface area contributed by atoms with Crippen LogP contribution in [0.5, 0.6) is 0 Å². The van der Waals surface area contributed by atoms with Crippen LogP contribution in [0.3, 0.4) is 0 Å². The molecule has 0 saturated carbocycles. The molecule has 1 aromatic heterocycles. The molecule has 0 amide bonds. The summed E-state index contributed by atoms with van der Waals surface area (Å²) < 4.78 is 12.0. The van der Waals surface area contributed by atoms with Crippen molar-refractivity contribution in [2.75, 3.05) is 0 Å². The van der Waals surface area contributed by atoms with Gasteiger partial charge in [-0.15, -0.1) is 0 Å². The van der Waals surface area contributed by atoms with Crippen LogP contribution in [0.15, 0.2) is 18.3 Å². The molecule has 3 heteroatoms. The van der Waals surface area contributed by atoms with E-state index < -0.39 is 5.95 Å². The van der Waals surface area contributed by atoms with Gasteiger partial charge in [-0.3, -0.25) is 0 Å². The lowest BCUT2D eigenvalue weighted by Crippen LogP contribution is -1.75. The second-order valence-corrected chi connectivity index (χ2v) is 1.45. The molecule has 0 radical (unpaired) electrons. The summed E-state index contributed by atoms with van der Waals surface area (Å²) in [5.41, 5.74) is 0.358. The molecule has 0 bridgehead atoms. The number of rotatable bonds is 0. The highest BCUT2D eigenvalue weighted by Gasteiger charge is 1.89. The molecule has 1 rings (SSSR count). The standard InChI is InChI=1S/C6H3FN2/c1-8-5-2-3-6(7)9-4-5/h2-4H. The van der Waals surface area contributed by atoms with Crippen LogP contribution >= 0.6 is 0 Å². The molecule has 0 unspecified atom stereocenters. The SMILES string of the molecule is [C-]#[N+]c1ccc(F)nc1. The average Bonchev–Trinajstić information content (AvgIpc) is 1.90. The van der Waals surface area contributed by atoms with Crippen molar-refractivity contribution in [2.45, 2.75) is 0 Å². The minimum Gasteiger partial charge on any atom is -0.240 e. The van der Waals surface area contributed by atoms with E-state index >= 15 is 0 Å². The van der Waals surface area contributed by atoms with E-state index in [1.165, 1.54) is 12.3 Å². The molecule has 0 N–H and O–H groups in total. The second kappa shape index (κ2) is 2.23. The van der Waals surface area contributed by atoms with Crippen molar-refractivity contribution in [2.24, 2.45) is 0 Å². The Kier molecular flexibility index (Phi) is 1.41. The number of hydrogen-bond donors (Lipinski definition) is 0. The Labute approximate surface area is 51.8 Å². The maximum Gasteiger partial charge on any atom is 0.210 e. The molecule has 1 aromatic rings. The fourth-order valence-electron chi connectivity index (χ4n) is 0.434. The van der Waals surface area contributed by atoms with Crippen LogP contribution in [0.4, 0.5) is 10.1 Å². The Hall–Kier alpha value is -1.43. The van der Waals surface area contributed by atoms with E-state index in [0.29, 0.717) is 5.69 Å². The van der Waals surface area contributed by atoms with Gasteiger partial charge in [0, 0.05) is 6.20 Å². The normalized spacial score (nSPS) is 8.44. The maximum absolute atomic E-state index is 12.0. The summed E-state index contributed by atoms with van der Waals surface area (Å²) in [6, 6.07) is 2.54. The first-order chi connectivity index (χ1) is 4.33. The lowest BCUT2D eigenvalue weighted by molar-refractivity contribution is 0.584. The third kappa shape index (κ3) is 1.23. The fourth-order valence-corrected chi connectivity index (χ4v) is 0.434. The van der Waals surface area contributed by atoms with Gasteiger partial charge in [-0.05, 0) is 6.07 Å². The molecule has 1 heterocycles. The third-order valence-corrected chi connectivity index (χ3v) is 0.841. The van der Waals surface area contributed by atoms with Gasteiger partial charge in [-0.25, -0.2) is 9.83 Å². The zero-order chi connectivity index (χ0) is 6.69. The van der Waals surface area contributed by atoms with E-state index in [9.17, 15) is 4.39 Å². The monoisotopic (exact) mass is 122 g/mol. The van der Waals surface area contributed by atoms with Crippen LogP contribution in [-0.2, 0) is 0 Å². The van der Waals surface area contributed by atoms with Crippen molar-refractivity contribution in [3.05, 3.63) is 35.7 Å². The second-order valence-electron chi connectivity index (χ2n) is 1.45. The van der Waals surface area contributed by atoms with Crippen molar-refractivity contribution in [3.63, 3.8) is 0 Å². The molecule has 0 atom stereocenters. The molecule has 9 heavy (non-hydrogen) atoms. The number of nitrogens with zero attached hydrogens (tertiary/aromatic N) is 2. The molecular formula is C6H3FN2. The molecule has 2 nitrogen and oxygen atoms in total. The Balaban J connectivity index is 3.06. The number of aromatic nitrogens is 1. The lowest BCUT2D eigenvalue weighted by atomic mass is 10.4. The molecule has 0 aliphatic rings. The summed E-state index contributed by atoms with van der Waals surface area (Å²) in [4.78, 5) is 6.30. The summed E-state index contributed by atoms with van der Waals surface area (Å²) in [5, 5.41) is 0. The highest BCUT2D eigenvalue weighted by molar-refractivity contribution is 5.40. The Morgan fingerprint density at radius 1 is 1.56 bits per heavy atom. The van der Waals surface area contributed by atoms with Gasteiger partial charge in [0.2, 0.25) is 11.6 Å². The molecule has 0 aliphatic carbocycles. The first-order valence-electron chi connectivity index (χ1n) is 2.32. The third-order valence-electron chi connectivity index (χ3n) is 0.841. The lowest BCUT2D eigenvalue weighted by Gasteiger charge is -1.84. The molecule has 0 aliphatic heterocycles. The van der Waals surface area contributed by atoms with Gasteiger partial charge >= 0.3 is 0 Å². The molecule has 0 fully saturated rings. The van der Waals surface area contributed by atoms with E-state index in [0.717, 1.165) is 6.07 Å². The van der Waals surface area contributed by atoms with Crippen LogP contribution in [0, 0.1) is 12.5 Å². The molecule has 0 spiro atoms. The number of pyridine rings is 1. The van der Waals surface area contributed by atoms with Crippen LogP contribution in [0.1, 0.15) is 0 Å². The van der Waals surface area contributed by atoms with Crippen molar-refractivity contribution in [3.8, 4) is 0 Å². The largest absolute Gasteiger partial charge is 0.240 e. The Morgan fingerprint density at radius 2 is 2.33 bits per heavy atom. The zero-order valence-electron chi connectivity index (χ0n) is 4.50. The van der Waals surface area contributed by atoms with Crippen LogP contribution in [-0.4, -0.2) is 4.98 Å². The summed E-state index contributed by atoms with van der Waals surface area (Å²) in [6.45, 7) is 6.48. The molecule has 0 aromatic carbocycles. The van der Waals surface area contributed by atoms with Crippen LogP contribution < -0.4 is 0 Å². The summed E-state index contributed by atoms with van der Waals surface area (Å²) in [7, 11) is 0. The minimum absolute atomic E-state index is 0.358. The number of halogens is 1. The van der Waals surface area contributed by atoms with E-state index in [4.69, 9.17) is 6.57 Å². The predicted octanol–water partition coefficient (Wildman–Crippen LogP) is 1.77. The molecule has 0 saturated heterocycles. The van der Waals surface area contributed by atoms with Gasteiger partial charge in [0.05, 0.1) is 6.57 Å². The maximum atomic E-state index is 12.0. The highest BCUT2D eigenvalue weighted by atomic mass is 19.1. The topological polar surface area (TPSA) is 17.2 Å². The van der Waals surface area contributed by atoms with Crippen molar-refractivity contribution in [1.82, 2.24) is 4.98 Å². The van der Waals surface area contributed by atoms with Crippen molar-refractivity contribution in [1.29, 1.82) is 0 Å². The molecule has 44 valence electrons. The van der Waals surface area contributed by atoms with Crippen LogP contribution in [0.25, 0.3) is 4.85 Å². The molecular weight excluding hydrogens is 119 g/mol. The van der Waals surface area contributed by atoms with Gasteiger partial charge in [-0.1, -0.05) is 6.07 Å². The number of hydrogen-bond acceptors (Lipinski definition) is 1. The van der Waals surface area contributed by atoms with E-state index in [2.05, 4.69) is 9.83 Å². The van der Waals surface area contributed by atoms with Gasteiger partial charge < -0.3 is 0 Å². The zero-order valence-corrected chi connectivity index (χ0v) is 4.50. The van der Waals surface area contributed by atoms with Crippen molar-refractivity contribution < 1.29 is 4.39 Å². The van der Waals surface area contributed by atoms with Crippen molar-refractivity contribution >= 4 is 5.69 Å². The summed E-state index contributed by atoms with van der Waals surface area (Å²) >= 11 is 0. The summed E-state index contributed by atoms with van der Waals surface area (Å²) in [5.74, 6) is -0.553. The van der Waals surface area contributed by atoms with Gasteiger partial charge in [0.1, 0.15) is 0 Å². The summed E-state index contributed by atoms with van der Waals surface area (Å²) in [6.07, 6.45) is 1.20. The van der Waals surface area contributed by atoms with E-state index in [1.807, 2.05) is 0 Å². The first-order valence-corrected chi connectivity index (χ1v) is 2.32. The predicted molar refractivity (Wildman–Crippen MR) is 30.5 cm³/mol. The minimum atomic E-state index is -0.553. The Bertz CT molecular complexity index is 234.